The zero-order chi connectivity index (χ0) is 17.2. The van der Waals surface area contributed by atoms with E-state index in [1.807, 2.05) is 19.1 Å². The van der Waals surface area contributed by atoms with Gasteiger partial charge < -0.3 is 19.0 Å². The summed E-state index contributed by atoms with van der Waals surface area (Å²) in [5, 5.41) is 3.91. The number of methoxy groups -OCH3 is 2. The molecule has 1 rings (SSSR count). The van der Waals surface area contributed by atoms with Crippen LogP contribution in [0.25, 0.3) is 0 Å². The molecule has 0 radical (unpaired) electrons. The van der Waals surface area contributed by atoms with Crippen LogP contribution in [0, 0.1) is 19.3 Å². The predicted molar refractivity (Wildman–Crippen MR) is 85.9 cm³/mol. The lowest BCUT2D eigenvalue weighted by molar-refractivity contribution is -0.138. The van der Waals surface area contributed by atoms with E-state index in [4.69, 9.17) is 20.7 Å². The summed E-state index contributed by atoms with van der Waals surface area (Å²) in [5.74, 6) is 2.10. The van der Waals surface area contributed by atoms with Crippen LogP contribution in [-0.4, -0.2) is 32.5 Å². The van der Waals surface area contributed by atoms with Crippen LogP contribution < -0.4 is 4.74 Å². The van der Waals surface area contributed by atoms with Crippen molar-refractivity contribution in [1.29, 1.82) is 0 Å². The van der Waals surface area contributed by atoms with E-state index in [9.17, 15) is 4.79 Å². The van der Waals surface area contributed by atoms with Gasteiger partial charge in [-0.1, -0.05) is 23.2 Å². The van der Waals surface area contributed by atoms with E-state index in [0.29, 0.717) is 11.5 Å². The number of hydrogen-bond acceptors (Lipinski definition) is 6. The summed E-state index contributed by atoms with van der Waals surface area (Å²) in [6.45, 7) is 3.72. The summed E-state index contributed by atoms with van der Waals surface area (Å²) in [4.78, 5) is 16.6. The van der Waals surface area contributed by atoms with Crippen LogP contribution >= 0.6 is 0 Å². The predicted octanol–water partition coefficient (Wildman–Crippen LogP) is 2.41. The largest absolute Gasteiger partial charge is 0.500 e. The third-order valence-corrected chi connectivity index (χ3v) is 2.79. The molecule has 0 aliphatic carbocycles. The molecule has 6 heteroatoms. The number of ether oxygens (including phenoxy) is 3. The second kappa shape index (κ2) is 9.15. The van der Waals surface area contributed by atoms with Gasteiger partial charge in [-0.25, -0.2) is 4.79 Å². The molecule has 0 N–H and O–H groups in total. The first-order valence-electron chi connectivity index (χ1n) is 6.73. The smallest absolute Gasteiger partial charge is 0.377 e. The summed E-state index contributed by atoms with van der Waals surface area (Å²) >= 11 is 0. The molecule has 0 aromatic heterocycles. The lowest BCUT2D eigenvalue weighted by atomic mass is 10.1. The monoisotopic (exact) mass is 317 g/mol. The molecule has 0 amide bonds. The van der Waals surface area contributed by atoms with Crippen LogP contribution in [0.2, 0.25) is 0 Å². The summed E-state index contributed by atoms with van der Waals surface area (Å²) in [6, 6.07) is 5.44. The van der Waals surface area contributed by atoms with Gasteiger partial charge in [0.05, 0.1) is 19.9 Å². The molecule has 6 nitrogen and oxygen atoms in total. The Morgan fingerprint density at radius 1 is 1.39 bits per heavy atom. The summed E-state index contributed by atoms with van der Waals surface area (Å²) in [6.07, 6.45) is 6.27. The molecule has 0 atom stereocenters. The Morgan fingerprint density at radius 2 is 2.13 bits per heavy atom. The average molecular weight is 317 g/mol. The zero-order valence-electron chi connectivity index (χ0n) is 13.6. The van der Waals surface area contributed by atoms with Crippen molar-refractivity contribution in [2.24, 2.45) is 5.16 Å². The number of benzene rings is 1. The Kier molecular flexibility index (Phi) is 7.21. The highest BCUT2D eigenvalue weighted by Crippen LogP contribution is 2.23. The molecule has 23 heavy (non-hydrogen) atoms. The van der Waals surface area contributed by atoms with E-state index in [1.165, 1.54) is 20.5 Å². The minimum absolute atomic E-state index is 0.0616. The molecule has 0 saturated heterocycles. The standard InChI is InChI=1S/C17H19NO5/c1-6-9-22-18-13(3)14-8-7-12(2)15(10-14)23-16(11-20-4)17(19)21-5/h1,7-8,10-11H,9H2,2-5H3/b16-11+,18-13+. The maximum atomic E-state index is 11.7. The second-order valence-electron chi connectivity index (χ2n) is 4.45. The van der Waals surface area contributed by atoms with Gasteiger partial charge in [0.15, 0.2) is 6.61 Å². The Balaban J connectivity index is 3.06. The Labute approximate surface area is 135 Å². The lowest BCUT2D eigenvalue weighted by Gasteiger charge is -2.12. The van der Waals surface area contributed by atoms with Crippen molar-refractivity contribution in [2.45, 2.75) is 13.8 Å². The zero-order valence-corrected chi connectivity index (χ0v) is 13.6. The van der Waals surface area contributed by atoms with Crippen molar-refractivity contribution in [3.05, 3.63) is 41.3 Å². The highest BCUT2D eigenvalue weighted by molar-refractivity contribution is 5.98. The van der Waals surface area contributed by atoms with Crippen molar-refractivity contribution >= 4 is 11.7 Å². The van der Waals surface area contributed by atoms with Gasteiger partial charge in [0.2, 0.25) is 5.76 Å². The molecule has 122 valence electrons. The molecule has 1 aromatic rings. The number of oxime groups is 1. The van der Waals surface area contributed by atoms with Crippen LogP contribution in [0.4, 0.5) is 0 Å². The number of terminal acetylenes is 1. The molecule has 0 spiro atoms. The van der Waals surface area contributed by atoms with Crippen molar-refractivity contribution in [3.8, 4) is 18.1 Å². The second-order valence-corrected chi connectivity index (χ2v) is 4.45. The van der Waals surface area contributed by atoms with E-state index >= 15 is 0 Å². The Morgan fingerprint density at radius 3 is 2.74 bits per heavy atom. The van der Waals surface area contributed by atoms with Crippen LogP contribution in [0.5, 0.6) is 5.75 Å². The maximum absolute atomic E-state index is 11.7. The van der Waals surface area contributed by atoms with Gasteiger partial charge in [-0.05, 0) is 25.5 Å². The maximum Gasteiger partial charge on any atom is 0.377 e. The van der Waals surface area contributed by atoms with Crippen LogP contribution in [-0.2, 0) is 19.1 Å². The normalized spacial score (nSPS) is 11.4. The number of hydrogen-bond donors (Lipinski definition) is 0. The number of aryl methyl sites for hydroxylation is 1. The molecule has 0 aliphatic heterocycles. The van der Waals surface area contributed by atoms with Gasteiger partial charge in [-0.15, -0.1) is 6.42 Å². The first-order valence-corrected chi connectivity index (χ1v) is 6.73. The van der Waals surface area contributed by atoms with Crippen molar-refractivity contribution < 1.29 is 23.8 Å². The summed E-state index contributed by atoms with van der Waals surface area (Å²) < 4.78 is 15.1. The number of carbonyl (C=O) groups excluding carboxylic acids is 1. The number of rotatable bonds is 7. The lowest BCUT2D eigenvalue weighted by Crippen LogP contribution is -2.12. The molecule has 0 fully saturated rings. The summed E-state index contributed by atoms with van der Waals surface area (Å²) in [5.41, 5.74) is 2.22. The average Bonchev–Trinajstić information content (AvgIpc) is 2.55. The van der Waals surface area contributed by atoms with E-state index in [2.05, 4.69) is 15.8 Å². The van der Waals surface area contributed by atoms with Crippen molar-refractivity contribution in [3.63, 3.8) is 0 Å². The molecule has 0 saturated carbocycles. The fraction of sp³-hybridized carbons (Fsp3) is 0.294. The number of esters is 1. The third-order valence-electron chi connectivity index (χ3n) is 2.79. The van der Waals surface area contributed by atoms with E-state index in [0.717, 1.165) is 11.1 Å². The SMILES string of the molecule is C#CCO/N=C(\C)c1ccc(C)c(O/C(=C/OC)C(=O)OC)c1. The molecule has 0 heterocycles. The fourth-order valence-corrected chi connectivity index (χ4v) is 1.59. The van der Waals surface area contributed by atoms with Crippen molar-refractivity contribution in [1.82, 2.24) is 0 Å². The first kappa shape index (κ1) is 18.1. The minimum atomic E-state index is -0.639. The van der Waals surface area contributed by atoms with Gasteiger partial charge in [-0.2, -0.15) is 0 Å². The van der Waals surface area contributed by atoms with Crippen molar-refractivity contribution in [2.75, 3.05) is 20.8 Å². The van der Waals surface area contributed by atoms with Gasteiger partial charge in [-0.3, -0.25) is 0 Å². The topological polar surface area (TPSA) is 66.3 Å². The minimum Gasteiger partial charge on any atom is -0.500 e. The Bertz CT molecular complexity index is 655. The van der Waals surface area contributed by atoms with Crippen LogP contribution in [0.1, 0.15) is 18.1 Å². The van der Waals surface area contributed by atoms with Gasteiger partial charge >= 0.3 is 5.97 Å². The molecule has 0 bridgehead atoms. The molecular weight excluding hydrogens is 298 g/mol. The summed E-state index contributed by atoms with van der Waals surface area (Å²) in [7, 11) is 2.67. The Hall–Kier alpha value is -2.94. The molecule has 0 aliphatic rings. The van der Waals surface area contributed by atoms with Crippen LogP contribution in [0.3, 0.4) is 0 Å². The van der Waals surface area contributed by atoms with Gasteiger partial charge in [0, 0.05) is 5.56 Å². The molecule has 1 aromatic carbocycles. The van der Waals surface area contributed by atoms with E-state index in [-0.39, 0.29) is 12.4 Å². The molecule has 0 unspecified atom stereocenters. The fourth-order valence-electron chi connectivity index (χ4n) is 1.59. The highest BCUT2D eigenvalue weighted by atomic mass is 16.6. The first-order chi connectivity index (χ1) is 11.0. The third kappa shape index (κ3) is 5.40. The van der Waals surface area contributed by atoms with E-state index in [1.54, 1.807) is 13.0 Å². The van der Waals surface area contributed by atoms with E-state index < -0.39 is 5.97 Å². The quantitative estimate of drug-likeness (QED) is 0.147. The molecular formula is C17H19NO5. The number of nitrogens with zero attached hydrogens (tertiary/aromatic N) is 1. The van der Waals surface area contributed by atoms with Gasteiger partial charge in [0.25, 0.3) is 0 Å². The van der Waals surface area contributed by atoms with Crippen LogP contribution in [0.15, 0.2) is 35.4 Å². The highest BCUT2D eigenvalue weighted by Gasteiger charge is 2.15. The van der Waals surface area contributed by atoms with Gasteiger partial charge in [0.1, 0.15) is 12.0 Å². The number of carbonyl (C=O) groups is 1.